The Morgan fingerprint density at radius 2 is 2.21 bits per heavy atom. The van der Waals surface area contributed by atoms with Crippen molar-refractivity contribution in [2.45, 2.75) is 38.4 Å². The molecule has 0 radical (unpaired) electrons. The molecule has 1 N–H and O–H groups in total. The molecule has 0 spiro atoms. The smallest absolute Gasteiger partial charge is 0.246 e. The number of likely N-dealkylation sites (tertiary alicyclic amines) is 1. The minimum absolute atomic E-state index is 0.0336. The molecule has 1 atom stereocenters. The summed E-state index contributed by atoms with van der Waals surface area (Å²) in [5, 5.41) is 9.23. The Hall–Kier alpha value is -2.23. The third-order valence-electron chi connectivity index (χ3n) is 5.51. The van der Waals surface area contributed by atoms with Crippen LogP contribution in [0.4, 0.5) is 0 Å². The van der Waals surface area contributed by atoms with Gasteiger partial charge in [0.1, 0.15) is 11.8 Å². The lowest BCUT2D eigenvalue weighted by molar-refractivity contribution is -0.138. The number of thiophene rings is 1. The summed E-state index contributed by atoms with van der Waals surface area (Å²) in [5.41, 5.74) is 0. The maximum Gasteiger partial charge on any atom is 0.246 e. The van der Waals surface area contributed by atoms with Crippen molar-refractivity contribution in [2.75, 3.05) is 20.1 Å². The number of aromatic nitrogens is 3. The van der Waals surface area contributed by atoms with Gasteiger partial charge in [-0.1, -0.05) is 6.07 Å². The molecule has 7 nitrogen and oxygen atoms in total. The Morgan fingerprint density at radius 1 is 1.41 bits per heavy atom. The van der Waals surface area contributed by atoms with Gasteiger partial charge in [0.05, 0.1) is 17.7 Å². The largest absolute Gasteiger partial charge is 0.467 e. The minimum Gasteiger partial charge on any atom is -0.467 e. The molecule has 154 valence electrons. The second-order valence-electron chi connectivity index (χ2n) is 7.46. The van der Waals surface area contributed by atoms with Crippen LogP contribution in [0.3, 0.4) is 0 Å². The van der Waals surface area contributed by atoms with E-state index in [1.165, 1.54) is 0 Å². The first-order valence-electron chi connectivity index (χ1n) is 9.76. The van der Waals surface area contributed by atoms with Crippen molar-refractivity contribution in [1.29, 1.82) is 0 Å². The number of furan rings is 1. The molecule has 29 heavy (non-hydrogen) atoms. The van der Waals surface area contributed by atoms with E-state index >= 15 is 0 Å². The van der Waals surface area contributed by atoms with Gasteiger partial charge in [0.2, 0.25) is 5.91 Å². The topological polar surface area (TPSA) is 70.3 Å². The van der Waals surface area contributed by atoms with Crippen LogP contribution in [0, 0.1) is 4.77 Å². The minimum atomic E-state index is -0.465. The van der Waals surface area contributed by atoms with Gasteiger partial charge in [-0.05, 0) is 75.7 Å². The molecule has 1 fully saturated rings. The molecule has 1 aliphatic heterocycles. The van der Waals surface area contributed by atoms with Gasteiger partial charge in [-0.25, -0.2) is 0 Å². The van der Waals surface area contributed by atoms with E-state index < -0.39 is 6.04 Å². The van der Waals surface area contributed by atoms with Crippen LogP contribution < -0.4 is 0 Å². The second kappa shape index (κ2) is 8.64. The van der Waals surface area contributed by atoms with Crippen molar-refractivity contribution in [3.63, 3.8) is 0 Å². The van der Waals surface area contributed by atoms with Gasteiger partial charge in [-0.3, -0.25) is 14.5 Å². The van der Waals surface area contributed by atoms with Crippen LogP contribution >= 0.6 is 23.6 Å². The Balaban J connectivity index is 1.64. The highest BCUT2D eigenvalue weighted by Crippen LogP contribution is 2.28. The molecule has 3 aromatic rings. The third kappa shape index (κ3) is 4.22. The Morgan fingerprint density at radius 3 is 2.86 bits per heavy atom. The second-order valence-corrected chi connectivity index (χ2v) is 8.79. The molecule has 1 amide bonds. The van der Waals surface area contributed by atoms with Gasteiger partial charge in [0.15, 0.2) is 10.6 Å². The summed E-state index contributed by atoms with van der Waals surface area (Å²) in [7, 11) is 2.12. The zero-order valence-corrected chi connectivity index (χ0v) is 18.2. The number of carbonyl (C=O) groups is 1. The Kier molecular flexibility index (Phi) is 5.98. The number of nitrogens with one attached hydrogen (secondary N) is 1. The SMILES string of the molecule is CC(C(=O)N(Cc1ccco1)C1CCN(C)CC1)n1c(-c2cccs2)n[nH]c1=S. The summed E-state index contributed by atoms with van der Waals surface area (Å²) < 4.78 is 7.84. The predicted octanol–water partition coefficient (Wildman–Crippen LogP) is 3.95. The first-order chi connectivity index (χ1) is 14.0. The molecule has 3 aromatic heterocycles. The molecule has 9 heteroatoms. The number of aromatic amines is 1. The summed E-state index contributed by atoms with van der Waals surface area (Å²) in [4.78, 5) is 18.9. The summed E-state index contributed by atoms with van der Waals surface area (Å²) in [6.07, 6.45) is 3.55. The van der Waals surface area contributed by atoms with E-state index in [0.717, 1.165) is 36.6 Å². The fourth-order valence-corrected chi connectivity index (χ4v) is 4.86. The van der Waals surface area contributed by atoms with E-state index in [4.69, 9.17) is 16.6 Å². The zero-order valence-electron chi connectivity index (χ0n) is 16.6. The van der Waals surface area contributed by atoms with Crippen molar-refractivity contribution in [1.82, 2.24) is 24.6 Å². The number of rotatable bonds is 6. The number of hydrogen-bond donors (Lipinski definition) is 1. The molecule has 1 saturated heterocycles. The van der Waals surface area contributed by atoms with E-state index in [2.05, 4.69) is 22.1 Å². The molecule has 0 aliphatic carbocycles. The van der Waals surface area contributed by atoms with Crippen LogP contribution in [0.5, 0.6) is 0 Å². The van der Waals surface area contributed by atoms with Crippen LogP contribution in [0.25, 0.3) is 10.7 Å². The van der Waals surface area contributed by atoms with Crippen LogP contribution in [-0.2, 0) is 11.3 Å². The number of amides is 1. The average molecular weight is 432 g/mol. The fraction of sp³-hybridized carbons (Fsp3) is 0.450. The maximum atomic E-state index is 13.7. The Bertz CT molecular complexity index is 985. The molecule has 0 aromatic carbocycles. The first-order valence-corrected chi connectivity index (χ1v) is 11.1. The van der Waals surface area contributed by atoms with E-state index in [-0.39, 0.29) is 11.9 Å². The molecule has 0 bridgehead atoms. The van der Waals surface area contributed by atoms with Gasteiger partial charge in [0.25, 0.3) is 0 Å². The van der Waals surface area contributed by atoms with E-state index in [1.807, 2.05) is 46.0 Å². The normalized spacial score (nSPS) is 16.8. The van der Waals surface area contributed by atoms with Crippen molar-refractivity contribution in [2.24, 2.45) is 0 Å². The van der Waals surface area contributed by atoms with Gasteiger partial charge >= 0.3 is 0 Å². The molecule has 1 aliphatic rings. The summed E-state index contributed by atoms with van der Waals surface area (Å²) in [6, 6.07) is 7.44. The number of piperidine rings is 1. The lowest BCUT2D eigenvalue weighted by atomic mass is 10.0. The highest BCUT2D eigenvalue weighted by atomic mass is 32.1. The van der Waals surface area contributed by atoms with Crippen molar-refractivity contribution < 1.29 is 9.21 Å². The highest BCUT2D eigenvalue weighted by Gasteiger charge is 2.32. The summed E-state index contributed by atoms with van der Waals surface area (Å²) >= 11 is 7.05. The molecule has 0 saturated carbocycles. The van der Waals surface area contributed by atoms with Crippen LogP contribution in [0.15, 0.2) is 40.3 Å². The lowest BCUT2D eigenvalue weighted by Gasteiger charge is -2.38. The Labute approximate surface area is 178 Å². The van der Waals surface area contributed by atoms with E-state index in [0.29, 0.717) is 17.1 Å². The molecular weight excluding hydrogens is 406 g/mol. The quantitative estimate of drug-likeness (QED) is 0.599. The molecule has 1 unspecified atom stereocenters. The lowest BCUT2D eigenvalue weighted by Crippen LogP contribution is -2.48. The van der Waals surface area contributed by atoms with Crippen molar-refractivity contribution >= 4 is 29.5 Å². The van der Waals surface area contributed by atoms with Crippen LogP contribution in [0.2, 0.25) is 0 Å². The van der Waals surface area contributed by atoms with Gasteiger partial charge in [-0.15, -0.1) is 11.3 Å². The van der Waals surface area contributed by atoms with Crippen molar-refractivity contribution in [3.8, 4) is 10.7 Å². The summed E-state index contributed by atoms with van der Waals surface area (Å²) in [5.74, 6) is 1.53. The number of hydrogen-bond acceptors (Lipinski definition) is 6. The van der Waals surface area contributed by atoms with E-state index in [9.17, 15) is 4.79 Å². The monoisotopic (exact) mass is 431 g/mol. The van der Waals surface area contributed by atoms with Crippen LogP contribution in [0.1, 0.15) is 31.6 Å². The number of nitrogens with zero attached hydrogens (tertiary/aromatic N) is 4. The highest BCUT2D eigenvalue weighted by molar-refractivity contribution is 7.71. The molecular formula is C20H25N5O2S2. The summed E-state index contributed by atoms with van der Waals surface area (Å²) in [6.45, 7) is 4.32. The first kappa shape index (κ1) is 20.1. The fourth-order valence-electron chi connectivity index (χ4n) is 3.86. The van der Waals surface area contributed by atoms with Crippen LogP contribution in [-0.4, -0.2) is 56.7 Å². The zero-order chi connectivity index (χ0) is 20.4. The molecule has 4 heterocycles. The average Bonchev–Trinajstić information content (AvgIpc) is 3.48. The van der Waals surface area contributed by atoms with Gasteiger partial charge < -0.3 is 14.2 Å². The van der Waals surface area contributed by atoms with Gasteiger partial charge in [0, 0.05) is 6.04 Å². The standard InChI is InChI=1S/C20H25N5O2S2/c1-14(25-18(21-22-20(25)28)17-6-4-12-29-17)19(26)24(13-16-5-3-11-27-16)15-7-9-23(2)10-8-15/h3-6,11-12,14-15H,7-10,13H2,1-2H3,(H,22,28). The van der Waals surface area contributed by atoms with Crippen molar-refractivity contribution in [3.05, 3.63) is 46.4 Å². The molecule has 4 rings (SSSR count). The predicted molar refractivity (Wildman–Crippen MR) is 115 cm³/mol. The third-order valence-corrected chi connectivity index (χ3v) is 6.66. The number of H-pyrrole nitrogens is 1. The van der Waals surface area contributed by atoms with E-state index in [1.54, 1.807) is 17.6 Å². The maximum absolute atomic E-state index is 13.7. The number of carbonyl (C=O) groups excluding carboxylic acids is 1. The van der Waals surface area contributed by atoms with Gasteiger partial charge in [-0.2, -0.15) is 5.10 Å².